The fourth-order valence-corrected chi connectivity index (χ4v) is 8.57. The van der Waals surface area contributed by atoms with Gasteiger partial charge < -0.3 is 19.3 Å². The second-order valence-corrected chi connectivity index (χ2v) is 12.4. The zero-order valence-electron chi connectivity index (χ0n) is 22.3. The van der Waals surface area contributed by atoms with E-state index in [-0.39, 0.29) is 46.6 Å². The number of benzene rings is 1. The van der Waals surface area contributed by atoms with Gasteiger partial charge in [-0.1, -0.05) is 36.8 Å². The van der Waals surface area contributed by atoms with Crippen molar-refractivity contribution >= 4 is 11.9 Å². The van der Waals surface area contributed by atoms with Crippen molar-refractivity contribution in [3.63, 3.8) is 0 Å². The van der Waals surface area contributed by atoms with Gasteiger partial charge in [-0.3, -0.25) is 4.79 Å². The van der Waals surface area contributed by atoms with Gasteiger partial charge in [0.25, 0.3) is 0 Å². The van der Waals surface area contributed by atoms with Crippen LogP contribution < -0.4 is 0 Å². The average molecular weight is 497 g/mol. The van der Waals surface area contributed by atoms with Crippen LogP contribution >= 0.6 is 0 Å². The van der Waals surface area contributed by atoms with E-state index < -0.39 is 23.8 Å². The molecule has 1 aromatic rings. The van der Waals surface area contributed by atoms with Crippen molar-refractivity contribution in [2.24, 2.45) is 35.0 Å². The fourth-order valence-electron chi connectivity index (χ4n) is 8.57. The summed E-state index contributed by atoms with van der Waals surface area (Å²) in [6, 6.07) is 9.02. The Hall–Kier alpha value is -2.18. The Labute approximate surface area is 214 Å². The Morgan fingerprint density at radius 2 is 1.78 bits per heavy atom. The predicted octanol–water partition coefficient (Wildman–Crippen LogP) is 4.95. The molecular weight excluding hydrogens is 456 g/mol. The highest BCUT2D eigenvalue weighted by Gasteiger charge is 2.72. The molecule has 0 saturated heterocycles. The van der Waals surface area contributed by atoms with Gasteiger partial charge in [0.1, 0.15) is 17.8 Å². The molecule has 0 heterocycles. The van der Waals surface area contributed by atoms with E-state index in [0.717, 1.165) is 12.8 Å². The molecule has 0 radical (unpaired) electrons. The van der Waals surface area contributed by atoms with E-state index in [9.17, 15) is 14.7 Å². The second-order valence-electron chi connectivity index (χ2n) is 12.4. The van der Waals surface area contributed by atoms with Crippen LogP contribution in [0.25, 0.3) is 0 Å². The topological polar surface area (TPSA) is 82.1 Å². The van der Waals surface area contributed by atoms with Crippen LogP contribution in [0.5, 0.6) is 0 Å². The van der Waals surface area contributed by atoms with Crippen molar-refractivity contribution in [1.82, 2.24) is 0 Å². The average Bonchev–Trinajstić information content (AvgIpc) is 3.11. The number of fused-ring (bicyclic) bond motifs is 1. The number of esters is 2. The van der Waals surface area contributed by atoms with Gasteiger partial charge in [-0.25, -0.2) is 4.79 Å². The van der Waals surface area contributed by atoms with E-state index in [1.807, 2.05) is 18.2 Å². The molecule has 6 heteroatoms. The molecule has 5 rings (SSSR count). The number of hydrogen-bond donors (Lipinski definition) is 1. The maximum Gasteiger partial charge on any atom is 0.338 e. The van der Waals surface area contributed by atoms with Gasteiger partial charge in [-0.2, -0.15) is 0 Å². The third-order valence-corrected chi connectivity index (χ3v) is 10.1. The normalized spacial score (nSPS) is 41.2. The summed E-state index contributed by atoms with van der Waals surface area (Å²) in [5, 5.41) is 12.3. The largest absolute Gasteiger partial charge is 0.459 e. The lowest BCUT2D eigenvalue weighted by molar-refractivity contribution is -0.190. The summed E-state index contributed by atoms with van der Waals surface area (Å²) in [7, 11) is 1.76. The van der Waals surface area contributed by atoms with Gasteiger partial charge in [-0.05, 0) is 82.3 Å². The van der Waals surface area contributed by atoms with Crippen LogP contribution in [0, 0.1) is 35.0 Å². The van der Waals surface area contributed by atoms with E-state index in [1.165, 1.54) is 12.5 Å². The first-order valence-corrected chi connectivity index (χ1v) is 13.3. The van der Waals surface area contributed by atoms with Crippen molar-refractivity contribution in [1.29, 1.82) is 0 Å². The molecule has 1 N–H and O–H groups in total. The highest BCUT2D eigenvalue weighted by Crippen LogP contribution is 2.70. The third kappa shape index (κ3) is 3.75. The molecule has 9 atom stereocenters. The van der Waals surface area contributed by atoms with Crippen LogP contribution in [0.15, 0.2) is 42.0 Å². The fraction of sp³-hybridized carbons (Fsp3) is 0.667. The number of allylic oxidation sites excluding steroid dienone is 2. The first-order chi connectivity index (χ1) is 16.9. The molecule has 1 aromatic carbocycles. The van der Waals surface area contributed by atoms with Crippen LogP contribution in [0.3, 0.4) is 0 Å². The second kappa shape index (κ2) is 8.70. The van der Waals surface area contributed by atoms with Gasteiger partial charge in [0.2, 0.25) is 0 Å². The van der Waals surface area contributed by atoms with Gasteiger partial charge in [0.15, 0.2) is 0 Å². The minimum atomic E-state index is -1.20. The van der Waals surface area contributed by atoms with E-state index in [0.29, 0.717) is 18.4 Å². The SMILES string of the molecule is COC(C)(C)C1CC[C@@]2(O)C[C@@H]3C(C)=C[C@@]4(C[C@H](C)[C@H](OC(=O)c5ccccc5)[C@@H]4[C@H]2OC(C)=O)[C@H]13. The maximum atomic E-state index is 13.3. The minimum absolute atomic E-state index is 0.0396. The summed E-state index contributed by atoms with van der Waals surface area (Å²) in [6.45, 7) is 9.99. The van der Waals surface area contributed by atoms with Crippen molar-refractivity contribution in [3.8, 4) is 0 Å². The lowest BCUT2D eigenvalue weighted by Gasteiger charge is -2.51. The first kappa shape index (κ1) is 25.5. The number of methoxy groups -OCH3 is 1. The van der Waals surface area contributed by atoms with Crippen molar-refractivity contribution < 1.29 is 28.9 Å². The Kier molecular flexibility index (Phi) is 6.15. The zero-order chi connectivity index (χ0) is 26.0. The van der Waals surface area contributed by atoms with Crippen molar-refractivity contribution in [3.05, 3.63) is 47.5 Å². The van der Waals surface area contributed by atoms with E-state index in [4.69, 9.17) is 14.2 Å². The molecule has 4 aliphatic rings. The summed E-state index contributed by atoms with van der Waals surface area (Å²) in [6.07, 6.45) is 3.82. The molecule has 3 saturated carbocycles. The molecule has 4 aliphatic carbocycles. The number of rotatable bonds is 5. The van der Waals surface area contributed by atoms with E-state index in [2.05, 4.69) is 33.8 Å². The number of carbonyl (C=O) groups excluding carboxylic acids is 2. The Morgan fingerprint density at radius 1 is 1.08 bits per heavy atom. The van der Waals surface area contributed by atoms with Crippen LogP contribution in [0.2, 0.25) is 0 Å². The van der Waals surface area contributed by atoms with Gasteiger partial charge in [-0.15, -0.1) is 0 Å². The molecule has 1 spiro atoms. The van der Waals surface area contributed by atoms with E-state index >= 15 is 0 Å². The molecule has 196 valence electrons. The first-order valence-electron chi connectivity index (χ1n) is 13.3. The molecular formula is C30H40O6. The molecule has 0 aliphatic heterocycles. The Bertz CT molecular complexity index is 1060. The molecule has 4 bridgehead atoms. The molecule has 6 nitrogen and oxygen atoms in total. The van der Waals surface area contributed by atoms with Crippen LogP contribution in [0.4, 0.5) is 0 Å². The highest BCUT2D eigenvalue weighted by atomic mass is 16.6. The summed E-state index contributed by atoms with van der Waals surface area (Å²) < 4.78 is 18.4. The quantitative estimate of drug-likeness (QED) is 0.459. The Morgan fingerprint density at radius 3 is 2.42 bits per heavy atom. The molecule has 0 aromatic heterocycles. The lowest BCUT2D eigenvalue weighted by Crippen LogP contribution is -2.57. The molecule has 36 heavy (non-hydrogen) atoms. The standard InChI is InChI=1S/C30H40O6/c1-17-14-29-15-18(2)25(36-27(32)20-10-8-7-9-11-20)24(29)26(35-19(3)31)30(33)13-12-22(28(4,5)34-6)23(29)21(17)16-30/h7-11,14,18,21-26,33H,12-13,15-16H2,1-6H3/t18-,21+,22?,23-,24+,25-,26+,29+,30+/m0/s1. The maximum absolute atomic E-state index is 13.3. The van der Waals surface area contributed by atoms with Crippen molar-refractivity contribution in [2.75, 3.05) is 7.11 Å². The lowest BCUT2D eigenvalue weighted by atomic mass is 9.58. The van der Waals surface area contributed by atoms with Gasteiger partial charge in [0.05, 0.1) is 11.2 Å². The predicted molar refractivity (Wildman–Crippen MR) is 135 cm³/mol. The number of aliphatic hydroxyl groups is 1. The summed E-state index contributed by atoms with van der Waals surface area (Å²) in [4.78, 5) is 25.7. The van der Waals surface area contributed by atoms with Gasteiger partial charge in [0, 0.05) is 25.4 Å². The highest BCUT2D eigenvalue weighted by molar-refractivity contribution is 5.89. The summed E-state index contributed by atoms with van der Waals surface area (Å²) in [5.41, 5.74) is -0.166. The van der Waals surface area contributed by atoms with Crippen LogP contribution in [-0.2, 0) is 19.0 Å². The minimum Gasteiger partial charge on any atom is -0.459 e. The molecule has 1 unspecified atom stereocenters. The monoisotopic (exact) mass is 496 g/mol. The molecule has 0 amide bonds. The molecule has 3 fully saturated rings. The third-order valence-electron chi connectivity index (χ3n) is 10.1. The summed E-state index contributed by atoms with van der Waals surface area (Å²) in [5.74, 6) is -0.519. The number of ether oxygens (including phenoxy) is 3. The van der Waals surface area contributed by atoms with Gasteiger partial charge >= 0.3 is 11.9 Å². The van der Waals surface area contributed by atoms with E-state index in [1.54, 1.807) is 19.2 Å². The number of carbonyl (C=O) groups is 2. The number of hydrogen-bond acceptors (Lipinski definition) is 6. The van der Waals surface area contributed by atoms with Crippen LogP contribution in [-0.4, -0.2) is 47.6 Å². The summed E-state index contributed by atoms with van der Waals surface area (Å²) >= 11 is 0. The Balaban J connectivity index is 1.66. The van der Waals surface area contributed by atoms with Crippen molar-refractivity contribution in [2.45, 2.75) is 83.7 Å². The smallest absolute Gasteiger partial charge is 0.338 e. The zero-order valence-corrected chi connectivity index (χ0v) is 22.3. The van der Waals surface area contributed by atoms with Crippen LogP contribution in [0.1, 0.15) is 70.7 Å².